The van der Waals surface area contributed by atoms with Gasteiger partial charge in [0.15, 0.2) is 0 Å². The zero-order chi connectivity index (χ0) is 7.68. The van der Waals surface area contributed by atoms with Crippen molar-refractivity contribution >= 4 is 27.3 Å². The molecule has 0 atom stereocenters. The van der Waals surface area contributed by atoms with E-state index < -0.39 is 0 Å². The van der Waals surface area contributed by atoms with Crippen molar-refractivity contribution in [3.63, 3.8) is 0 Å². The van der Waals surface area contributed by atoms with Crippen LogP contribution in [0.25, 0.3) is 5.00 Å². The molecule has 0 N–H and O–H groups in total. The van der Waals surface area contributed by atoms with Crippen molar-refractivity contribution in [1.29, 1.82) is 0 Å². The van der Waals surface area contributed by atoms with E-state index in [1.165, 1.54) is 8.79 Å². The molecule has 56 valence electrons. The fraction of sp³-hybridized carbons (Fsp3) is 0. The Morgan fingerprint density at radius 2 is 1.91 bits per heavy atom. The summed E-state index contributed by atoms with van der Waals surface area (Å²) < 4.78 is 3.26. The molecule has 2 rings (SSSR count). The number of halogens is 1. The Morgan fingerprint density at radius 3 is 2.45 bits per heavy atom. The fourth-order valence-electron chi connectivity index (χ4n) is 0.925. The molecule has 0 spiro atoms. The van der Waals surface area contributed by atoms with Crippen LogP contribution in [0.2, 0.25) is 0 Å². The highest BCUT2D eigenvalue weighted by Crippen LogP contribution is 2.25. The minimum atomic E-state index is 1.17. The number of hydrogen-bond donors (Lipinski definition) is 0. The Balaban J connectivity index is 2.45. The predicted octanol–water partition coefficient (Wildman–Crippen LogP) is 3.30. The van der Waals surface area contributed by atoms with Gasteiger partial charge in [-0.3, -0.25) is 0 Å². The summed E-state index contributed by atoms with van der Waals surface area (Å²) in [5, 5.41) is 1.24. The molecular formula is C8H6BrNS. The van der Waals surface area contributed by atoms with Crippen molar-refractivity contribution < 1.29 is 0 Å². The van der Waals surface area contributed by atoms with Crippen LogP contribution in [-0.2, 0) is 0 Å². The summed E-state index contributed by atoms with van der Waals surface area (Å²) in [5.41, 5.74) is 0. The van der Waals surface area contributed by atoms with Gasteiger partial charge in [-0.25, -0.2) is 0 Å². The van der Waals surface area contributed by atoms with Gasteiger partial charge in [-0.1, -0.05) is 0 Å². The van der Waals surface area contributed by atoms with E-state index in [1.54, 1.807) is 11.3 Å². The van der Waals surface area contributed by atoms with Gasteiger partial charge in [0.05, 0.1) is 3.79 Å². The van der Waals surface area contributed by atoms with Gasteiger partial charge >= 0.3 is 0 Å². The first-order chi connectivity index (χ1) is 5.36. The lowest BCUT2D eigenvalue weighted by Gasteiger charge is -1.94. The summed E-state index contributed by atoms with van der Waals surface area (Å²) >= 11 is 5.15. The molecule has 0 aliphatic heterocycles. The van der Waals surface area contributed by atoms with E-state index in [0.29, 0.717) is 0 Å². The Bertz CT molecular complexity index is 337. The Hall–Kier alpha value is -0.540. The molecule has 0 unspecified atom stereocenters. The SMILES string of the molecule is Brc1ccc(-n2cccc2)s1. The summed E-state index contributed by atoms with van der Waals surface area (Å²) in [6, 6.07) is 8.19. The quantitative estimate of drug-likeness (QED) is 0.705. The molecule has 2 heterocycles. The number of thiophene rings is 1. The molecule has 0 radical (unpaired) electrons. The summed E-state index contributed by atoms with van der Waals surface area (Å²) in [6.45, 7) is 0. The molecule has 0 fully saturated rings. The molecular weight excluding hydrogens is 222 g/mol. The third-order valence-corrected chi connectivity index (χ3v) is 3.06. The van der Waals surface area contributed by atoms with Crippen molar-refractivity contribution in [2.45, 2.75) is 0 Å². The molecule has 0 saturated heterocycles. The molecule has 2 aromatic heterocycles. The lowest BCUT2D eigenvalue weighted by atomic mass is 10.6. The first-order valence-corrected chi connectivity index (χ1v) is 4.86. The first-order valence-electron chi connectivity index (χ1n) is 3.25. The molecule has 0 aromatic carbocycles. The average Bonchev–Trinajstić information content (AvgIpc) is 2.55. The van der Waals surface area contributed by atoms with Gasteiger partial charge in [-0.15, -0.1) is 11.3 Å². The molecule has 0 bridgehead atoms. The standard InChI is InChI=1S/C8H6BrNS/c9-7-3-4-8(11-7)10-5-1-2-6-10/h1-6H. The van der Waals surface area contributed by atoms with Crippen LogP contribution in [-0.4, -0.2) is 4.57 Å². The highest BCUT2D eigenvalue weighted by molar-refractivity contribution is 9.11. The Morgan fingerprint density at radius 1 is 1.18 bits per heavy atom. The van der Waals surface area contributed by atoms with Crippen LogP contribution in [0.15, 0.2) is 40.4 Å². The van der Waals surface area contributed by atoms with Crippen molar-refractivity contribution in [2.24, 2.45) is 0 Å². The van der Waals surface area contributed by atoms with Crippen LogP contribution in [0.3, 0.4) is 0 Å². The second kappa shape index (κ2) is 2.83. The van der Waals surface area contributed by atoms with Crippen molar-refractivity contribution in [1.82, 2.24) is 4.57 Å². The molecule has 1 nitrogen and oxygen atoms in total. The smallest absolute Gasteiger partial charge is 0.100 e. The minimum absolute atomic E-state index is 1.17. The Labute approximate surface area is 77.4 Å². The van der Waals surface area contributed by atoms with Gasteiger partial charge in [0.2, 0.25) is 0 Å². The highest BCUT2D eigenvalue weighted by Gasteiger charge is 1.96. The molecule has 0 saturated carbocycles. The van der Waals surface area contributed by atoms with E-state index >= 15 is 0 Å². The summed E-state index contributed by atoms with van der Waals surface area (Å²) in [4.78, 5) is 0. The van der Waals surface area contributed by atoms with Crippen LogP contribution in [0.4, 0.5) is 0 Å². The monoisotopic (exact) mass is 227 g/mol. The second-order valence-electron chi connectivity index (χ2n) is 2.17. The third-order valence-electron chi connectivity index (χ3n) is 1.42. The van der Waals surface area contributed by atoms with Gasteiger partial charge in [-0.05, 0) is 40.2 Å². The van der Waals surface area contributed by atoms with E-state index in [-0.39, 0.29) is 0 Å². The zero-order valence-electron chi connectivity index (χ0n) is 5.70. The van der Waals surface area contributed by atoms with Crippen LogP contribution in [0.5, 0.6) is 0 Å². The van der Waals surface area contributed by atoms with Gasteiger partial charge in [0.25, 0.3) is 0 Å². The van der Waals surface area contributed by atoms with E-state index in [9.17, 15) is 0 Å². The van der Waals surface area contributed by atoms with Crippen LogP contribution in [0, 0.1) is 0 Å². The lowest BCUT2D eigenvalue weighted by Crippen LogP contribution is -1.81. The molecule has 2 aromatic rings. The maximum atomic E-state index is 3.42. The average molecular weight is 228 g/mol. The van der Waals surface area contributed by atoms with Crippen molar-refractivity contribution in [2.75, 3.05) is 0 Å². The molecule has 0 aliphatic rings. The fourth-order valence-corrected chi connectivity index (χ4v) is 2.25. The second-order valence-corrected chi connectivity index (χ2v) is 4.61. The maximum Gasteiger partial charge on any atom is 0.100 e. The number of hydrogen-bond acceptors (Lipinski definition) is 1. The molecule has 11 heavy (non-hydrogen) atoms. The van der Waals surface area contributed by atoms with Gasteiger partial charge < -0.3 is 4.57 Å². The van der Waals surface area contributed by atoms with Crippen LogP contribution in [0.1, 0.15) is 0 Å². The topological polar surface area (TPSA) is 4.93 Å². The summed E-state index contributed by atoms with van der Waals surface area (Å²) in [6.07, 6.45) is 4.08. The van der Waals surface area contributed by atoms with Gasteiger partial charge in [0, 0.05) is 12.4 Å². The third kappa shape index (κ3) is 1.39. The number of aromatic nitrogens is 1. The maximum absolute atomic E-state index is 3.42. The van der Waals surface area contributed by atoms with E-state index in [4.69, 9.17) is 0 Å². The molecule has 3 heteroatoms. The van der Waals surface area contributed by atoms with E-state index in [0.717, 1.165) is 0 Å². The summed E-state index contributed by atoms with van der Waals surface area (Å²) in [5.74, 6) is 0. The van der Waals surface area contributed by atoms with Gasteiger partial charge in [0.1, 0.15) is 5.00 Å². The van der Waals surface area contributed by atoms with Crippen LogP contribution < -0.4 is 0 Å². The normalized spacial score (nSPS) is 10.3. The molecule has 0 aliphatic carbocycles. The number of rotatable bonds is 1. The lowest BCUT2D eigenvalue weighted by molar-refractivity contribution is 1.11. The largest absolute Gasteiger partial charge is 0.316 e. The highest BCUT2D eigenvalue weighted by atomic mass is 79.9. The molecule has 0 amide bonds. The van der Waals surface area contributed by atoms with E-state index in [1.807, 2.05) is 24.5 Å². The minimum Gasteiger partial charge on any atom is -0.316 e. The first kappa shape index (κ1) is 7.13. The van der Waals surface area contributed by atoms with Crippen molar-refractivity contribution in [3.05, 3.63) is 40.4 Å². The van der Waals surface area contributed by atoms with Crippen molar-refractivity contribution in [3.8, 4) is 5.00 Å². The van der Waals surface area contributed by atoms with Crippen LogP contribution >= 0.6 is 27.3 Å². The zero-order valence-corrected chi connectivity index (χ0v) is 8.10. The number of nitrogens with zero attached hydrogens (tertiary/aromatic N) is 1. The summed E-state index contributed by atoms with van der Waals surface area (Å²) in [7, 11) is 0. The predicted molar refractivity (Wildman–Crippen MR) is 51.3 cm³/mol. The van der Waals surface area contributed by atoms with Gasteiger partial charge in [-0.2, -0.15) is 0 Å². The van der Waals surface area contributed by atoms with E-state index in [2.05, 4.69) is 32.6 Å². The Kier molecular flexibility index (Phi) is 1.84.